The highest BCUT2D eigenvalue weighted by atomic mass is 32.1. The normalized spacial score (nSPS) is 18.5. The molecule has 0 bridgehead atoms. The largest absolute Gasteiger partial charge is 0.368 e. The van der Waals surface area contributed by atoms with Gasteiger partial charge in [0.1, 0.15) is 11.9 Å². The molecule has 0 N–H and O–H groups in total. The minimum atomic E-state index is -0.166. The Morgan fingerprint density at radius 3 is 3.05 bits per heavy atom. The molecule has 6 heteroatoms. The van der Waals surface area contributed by atoms with E-state index in [0.717, 1.165) is 22.8 Å². The van der Waals surface area contributed by atoms with Crippen LogP contribution in [-0.4, -0.2) is 40.5 Å². The molecule has 0 unspecified atom stereocenters. The fourth-order valence-corrected chi connectivity index (χ4v) is 3.31. The van der Waals surface area contributed by atoms with Gasteiger partial charge in [0.15, 0.2) is 0 Å². The number of thiophene rings is 1. The monoisotopic (exact) mass is 317 g/mol. The quantitative estimate of drug-likeness (QED) is 0.871. The van der Waals surface area contributed by atoms with Gasteiger partial charge in [0.05, 0.1) is 25.3 Å². The Morgan fingerprint density at radius 1 is 1.45 bits per heavy atom. The smallest absolute Gasteiger partial charge is 0.227 e. The van der Waals surface area contributed by atoms with Crippen molar-refractivity contribution in [2.45, 2.75) is 26.4 Å². The van der Waals surface area contributed by atoms with E-state index < -0.39 is 0 Å². The molecule has 3 rings (SSSR count). The van der Waals surface area contributed by atoms with E-state index in [2.05, 4.69) is 9.97 Å². The van der Waals surface area contributed by atoms with Gasteiger partial charge in [-0.05, 0) is 42.3 Å². The number of amides is 1. The van der Waals surface area contributed by atoms with Gasteiger partial charge < -0.3 is 9.64 Å². The fraction of sp³-hybridized carbons (Fsp3) is 0.438. The number of hydrogen-bond donors (Lipinski definition) is 0. The summed E-state index contributed by atoms with van der Waals surface area (Å²) in [5.74, 6) is 0.884. The second-order valence-electron chi connectivity index (χ2n) is 5.49. The predicted molar refractivity (Wildman–Crippen MR) is 84.8 cm³/mol. The van der Waals surface area contributed by atoms with Crippen LogP contribution in [0.15, 0.2) is 22.9 Å². The molecule has 0 spiro atoms. The zero-order valence-electron chi connectivity index (χ0n) is 12.8. The molecule has 1 amide bonds. The summed E-state index contributed by atoms with van der Waals surface area (Å²) in [6.45, 7) is 5.56. The minimum Gasteiger partial charge on any atom is -0.368 e. The number of aromatic nitrogens is 2. The Hall–Kier alpha value is -1.79. The number of aryl methyl sites for hydroxylation is 2. The number of morpholine rings is 1. The molecule has 116 valence electrons. The molecule has 1 atom stereocenters. The molecule has 22 heavy (non-hydrogen) atoms. The van der Waals surface area contributed by atoms with Crippen molar-refractivity contribution in [2.75, 3.05) is 19.7 Å². The van der Waals surface area contributed by atoms with Crippen molar-refractivity contribution >= 4 is 17.2 Å². The van der Waals surface area contributed by atoms with Gasteiger partial charge in [-0.1, -0.05) is 0 Å². The Balaban J connectivity index is 1.69. The van der Waals surface area contributed by atoms with E-state index in [-0.39, 0.29) is 12.0 Å². The lowest BCUT2D eigenvalue weighted by Gasteiger charge is -2.32. The third kappa shape index (κ3) is 3.51. The summed E-state index contributed by atoms with van der Waals surface area (Å²) in [5, 5.41) is 4.02. The summed E-state index contributed by atoms with van der Waals surface area (Å²) in [7, 11) is 0. The van der Waals surface area contributed by atoms with E-state index in [0.29, 0.717) is 26.1 Å². The molecule has 0 aliphatic carbocycles. The highest BCUT2D eigenvalue weighted by Crippen LogP contribution is 2.22. The van der Waals surface area contributed by atoms with Crippen molar-refractivity contribution in [3.8, 4) is 0 Å². The lowest BCUT2D eigenvalue weighted by atomic mass is 10.1. The average molecular weight is 317 g/mol. The molecular formula is C16H19N3O2S. The zero-order valence-corrected chi connectivity index (χ0v) is 13.6. The topological polar surface area (TPSA) is 55.3 Å². The van der Waals surface area contributed by atoms with Crippen molar-refractivity contribution < 1.29 is 9.53 Å². The maximum Gasteiger partial charge on any atom is 0.227 e. The van der Waals surface area contributed by atoms with Crippen LogP contribution in [0, 0.1) is 13.8 Å². The van der Waals surface area contributed by atoms with Gasteiger partial charge in [-0.25, -0.2) is 9.97 Å². The first-order valence-electron chi connectivity index (χ1n) is 7.34. The molecule has 3 heterocycles. The summed E-state index contributed by atoms with van der Waals surface area (Å²) in [5.41, 5.74) is 2.86. The molecule has 0 saturated carbocycles. The highest BCUT2D eigenvalue weighted by molar-refractivity contribution is 7.07. The fourth-order valence-electron chi connectivity index (χ4n) is 2.64. The van der Waals surface area contributed by atoms with Crippen LogP contribution >= 0.6 is 11.3 Å². The van der Waals surface area contributed by atoms with Gasteiger partial charge in [0.25, 0.3) is 0 Å². The molecular weight excluding hydrogens is 298 g/mol. The Morgan fingerprint density at radius 2 is 2.32 bits per heavy atom. The summed E-state index contributed by atoms with van der Waals surface area (Å²) >= 11 is 1.62. The van der Waals surface area contributed by atoms with E-state index in [4.69, 9.17) is 4.74 Å². The standard InChI is InChI=1S/C16H19N3O2S/c1-11-7-14(18-12(2)17-11)15-9-19(4-5-21-15)16(20)8-13-3-6-22-10-13/h3,6-7,10,15H,4-5,8-9H2,1-2H3/t15-/m0/s1. The third-order valence-corrected chi connectivity index (χ3v) is 4.40. The van der Waals surface area contributed by atoms with Gasteiger partial charge in [-0.2, -0.15) is 11.3 Å². The Kier molecular flexibility index (Phi) is 4.49. The van der Waals surface area contributed by atoms with Gasteiger partial charge in [-0.15, -0.1) is 0 Å². The van der Waals surface area contributed by atoms with Crippen LogP contribution in [0.5, 0.6) is 0 Å². The van der Waals surface area contributed by atoms with Gasteiger partial charge in [-0.3, -0.25) is 4.79 Å². The summed E-state index contributed by atoms with van der Waals surface area (Å²) < 4.78 is 5.81. The second kappa shape index (κ2) is 6.54. The maximum absolute atomic E-state index is 12.4. The first-order chi connectivity index (χ1) is 10.6. The number of carbonyl (C=O) groups is 1. The molecule has 1 fully saturated rings. The van der Waals surface area contributed by atoms with Gasteiger partial charge >= 0.3 is 0 Å². The predicted octanol–water partition coefficient (Wildman–Crippen LogP) is 2.30. The van der Waals surface area contributed by atoms with Crippen LogP contribution < -0.4 is 0 Å². The zero-order chi connectivity index (χ0) is 15.5. The Bertz CT molecular complexity index is 637. The number of nitrogens with zero attached hydrogens (tertiary/aromatic N) is 3. The maximum atomic E-state index is 12.4. The Labute approximate surface area is 134 Å². The molecule has 2 aromatic rings. The number of ether oxygens (including phenoxy) is 1. The molecule has 1 aliphatic rings. The van der Waals surface area contributed by atoms with Crippen molar-refractivity contribution in [1.82, 2.24) is 14.9 Å². The van der Waals surface area contributed by atoms with E-state index in [1.54, 1.807) is 11.3 Å². The van der Waals surface area contributed by atoms with Crippen LogP contribution in [0.3, 0.4) is 0 Å². The van der Waals surface area contributed by atoms with Crippen molar-refractivity contribution in [3.05, 3.63) is 45.7 Å². The molecule has 2 aromatic heterocycles. The number of hydrogen-bond acceptors (Lipinski definition) is 5. The average Bonchev–Trinajstić information content (AvgIpc) is 2.99. The molecule has 1 aliphatic heterocycles. The van der Waals surface area contributed by atoms with Crippen molar-refractivity contribution in [2.24, 2.45) is 0 Å². The van der Waals surface area contributed by atoms with Crippen molar-refractivity contribution in [3.63, 3.8) is 0 Å². The SMILES string of the molecule is Cc1cc([C@@H]2CN(C(=O)Cc3ccsc3)CCO2)nc(C)n1. The lowest BCUT2D eigenvalue weighted by molar-refractivity contribution is -0.138. The number of rotatable bonds is 3. The van der Waals surface area contributed by atoms with E-state index in [1.165, 1.54) is 0 Å². The van der Waals surface area contributed by atoms with Crippen LogP contribution in [0.25, 0.3) is 0 Å². The third-order valence-electron chi connectivity index (χ3n) is 3.67. The lowest BCUT2D eigenvalue weighted by Crippen LogP contribution is -2.43. The summed E-state index contributed by atoms with van der Waals surface area (Å²) in [6.07, 6.45) is 0.290. The summed E-state index contributed by atoms with van der Waals surface area (Å²) in [4.78, 5) is 23.0. The molecule has 0 radical (unpaired) electrons. The molecule has 1 saturated heterocycles. The van der Waals surface area contributed by atoms with Crippen LogP contribution in [-0.2, 0) is 16.0 Å². The van der Waals surface area contributed by atoms with Gasteiger partial charge in [0, 0.05) is 12.2 Å². The minimum absolute atomic E-state index is 0.147. The summed E-state index contributed by atoms with van der Waals surface area (Å²) in [6, 6.07) is 3.93. The van der Waals surface area contributed by atoms with E-state index in [1.807, 2.05) is 41.6 Å². The van der Waals surface area contributed by atoms with Gasteiger partial charge in [0.2, 0.25) is 5.91 Å². The van der Waals surface area contributed by atoms with Crippen LogP contribution in [0.2, 0.25) is 0 Å². The molecule has 0 aromatic carbocycles. The first kappa shape index (κ1) is 15.1. The van der Waals surface area contributed by atoms with Crippen LogP contribution in [0.1, 0.15) is 28.9 Å². The van der Waals surface area contributed by atoms with E-state index >= 15 is 0 Å². The highest BCUT2D eigenvalue weighted by Gasteiger charge is 2.26. The molecule has 5 nitrogen and oxygen atoms in total. The number of carbonyl (C=O) groups excluding carboxylic acids is 1. The van der Waals surface area contributed by atoms with Crippen molar-refractivity contribution in [1.29, 1.82) is 0 Å². The first-order valence-corrected chi connectivity index (χ1v) is 8.29. The van der Waals surface area contributed by atoms with E-state index in [9.17, 15) is 4.79 Å². The second-order valence-corrected chi connectivity index (χ2v) is 6.27. The van der Waals surface area contributed by atoms with Crippen LogP contribution in [0.4, 0.5) is 0 Å².